The van der Waals surface area contributed by atoms with Crippen molar-refractivity contribution in [1.82, 2.24) is 0 Å². The Hall–Kier alpha value is -2.36. The maximum absolute atomic E-state index is 5.90. The second-order valence-electron chi connectivity index (χ2n) is 4.65. The molecule has 2 aromatic carbocycles. The minimum Gasteiger partial charge on any atom is -0.495 e. The predicted molar refractivity (Wildman–Crippen MR) is 82.2 cm³/mol. The van der Waals surface area contributed by atoms with E-state index in [2.05, 4.69) is 0 Å². The normalized spacial score (nSPS) is 10.3. The number of benzene rings is 2. The highest BCUT2D eigenvalue weighted by atomic mass is 16.5. The molecule has 0 aliphatic heterocycles. The molecule has 0 bridgehead atoms. The van der Waals surface area contributed by atoms with Gasteiger partial charge in [0.05, 0.1) is 25.6 Å². The summed E-state index contributed by atoms with van der Waals surface area (Å²) in [5.41, 5.74) is 15.5. The Morgan fingerprint density at radius 3 is 1.45 bits per heavy atom. The van der Waals surface area contributed by atoms with Gasteiger partial charge in [0.25, 0.3) is 0 Å². The Kier molecular flexibility index (Phi) is 4.35. The molecular weight excluding hydrogens is 252 g/mol. The van der Waals surface area contributed by atoms with E-state index in [0.29, 0.717) is 22.9 Å². The molecule has 0 unspecified atom stereocenters. The Morgan fingerprint density at radius 2 is 1.15 bits per heavy atom. The van der Waals surface area contributed by atoms with E-state index in [1.54, 1.807) is 14.2 Å². The molecule has 0 radical (unpaired) electrons. The van der Waals surface area contributed by atoms with Gasteiger partial charge in [0.1, 0.15) is 11.5 Å². The number of nitrogens with two attached hydrogens (primary N) is 2. The lowest BCUT2D eigenvalue weighted by molar-refractivity contribution is 0.416. The number of methoxy groups -OCH3 is 2. The molecule has 0 fully saturated rings. The summed E-state index contributed by atoms with van der Waals surface area (Å²) in [6.45, 7) is 0. The van der Waals surface area contributed by atoms with Gasteiger partial charge in [0, 0.05) is 0 Å². The van der Waals surface area contributed by atoms with E-state index in [4.69, 9.17) is 20.9 Å². The van der Waals surface area contributed by atoms with Crippen molar-refractivity contribution in [3.63, 3.8) is 0 Å². The van der Waals surface area contributed by atoms with Gasteiger partial charge in [-0.15, -0.1) is 0 Å². The maximum Gasteiger partial charge on any atom is 0.141 e. The van der Waals surface area contributed by atoms with Crippen LogP contribution in [-0.2, 0) is 12.8 Å². The Morgan fingerprint density at radius 1 is 0.750 bits per heavy atom. The van der Waals surface area contributed by atoms with Gasteiger partial charge in [0.2, 0.25) is 0 Å². The topological polar surface area (TPSA) is 70.5 Å². The van der Waals surface area contributed by atoms with E-state index in [-0.39, 0.29) is 0 Å². The van der Waals surface area contributed by atoms with Gasteiger partial charge in [-0.3, -0.25) is 0 Å². The second-order valence-corrected chi connectivity index (χ2v) is 4.65. The number of nitrogen functional groups attached to an aromatic ring is 2. The molecule has 106 valence electrons. The molecule has 0 spiro atoms. The molecule has 4 N–H and O–H groups in total. The highest BCUT2D eigenvalue weighted by Gasteiger charge is 2.03. The summed E-state index contributed by atoms with van der Waals surface area (Å²) in [6, 6.07) is 11.8. The van der Waals surface area contributed by atoms with Crippen molar-refractivity contribution in [2.45, 2.75) is 12.8 Å². The number of hydrogen-bond acceptors (Lipinski definition) is 4. The molecular formula is C16H20N2O2. The second kappa shape index (κ2) is 6.19. The first-order chi connectivity index (χ1) is 9.63. The van der Waals surface area contributed by atoms with Gasteiger partial charge >= 0.3 is 0 Å². The van der Waals surface area contributed by atoms with Crippen molar-refractivity contribution in [2.75, 3.05) is 25.7 Å². The minimum atomic E-state index is 0.666. The zero-order valence-electron chi connectivity index (χ0n) is 11.8. The lowest BCUT2D eigenvalue weighted by Gasteiger charge is -2.09. The molecule has 0 heterocycles. The fraction of sp³-hybridized carbons (Fsp3) is 0.250. The largest absolute Gasteiger partial charge is 0.495 e. The third-order valence-corrected chi connectivity index (χ3v) is 3.29. The first-order valence-electron chi connectivity index (χ1n) is 6.49. The van der Waals surface area contributed by atoms with E-state index < -0.39 is 0 Å². The average molecular weight is 272 g/mol. The standard InChI is InChI=1S/C16H20N2O2/c1-19-15-7-5-11(9-13(15)17)3-4-12-6-8-16(20-2)14(18)10-12/h5-10H,3-4,17-18H2,1-2H3. The van der Waals surface area contributed by atoms with E-state index in [1.165, 1.54) is 11.1 Å². The van der Waals surface area contributed by atoms with Gasteiger partial charge < -0.3 is 20.9 Å². The monoisotopic (exact) mass is 272 g/mol. The average Bonchev–Trinajstić information content (AvgIpc) is 2.45. The van der Waals surface area contributed by atoms with Crippen LogP contribution in [0.15, 0.2) is 36.4 Å². The minimum absolute atomic E-state index is 0.666. The maximum atomic E-state index is 5.90. The third-order valence-electron chi connectivity index (χ3n) is 3.29. The first kappa shape index (κ1) is 14.1. The fourth-order valence-corrected chi connectivity index (χ4v) is 2.17. The summed E-state index contributed by atoms with van der Waals surface area (Å²) < 4.78 is 10.3. The molecule has 4 heteroatoms. The van der Waals surface area contributed by atoms with Crippen molar-refractivity contribution in [3.8, 4) is 11.5 Å². The molecule has 4 nitrogen and oxygen atoms in total. The van der Waals surface area contributed by atoms with Crippen LogP contribution in [-0.4, -0.2) is 14.2 Å². The van der Waals surface area contributed by atoms with Gasteiger partial charge in [-0.1, -0.05) is 12.1 Å². The number of hydrogen-bond donors (Lipinski definition) is 2. The third kappa shape index (κ3) is 3.15. The summed E-state index contributed by atoms with van der Waals surface area (Å²) in [6.07, 6.45) is 1.81. The van der Waals surface area contributed by atoms with Gasteiger partial charge in [-0.05, 0) is 48.2 Å². The first-order valence-corrected chi connectivity index (χ1v) is 6.49. The highest BCUT2D eigenvalue weighted by molar-refractivity contribution is 5.55. The van der Waals surface area contributed by atoms with Crippen molar-refractivity contribution < 1.29 is 9.47 Å². The van der Waals surface area contributed by atoms with Crippen LogP contribution in [0.25, 0.3) is 0 Å². The van der Waals surface area contributed by atoms with Crippen LogP contribution in [0.2, 0.25) is 0 Å². The van der Waals surface area contributed by atoms with Crippen molar-refractivity contribution in [3.05, 3.63) is 47.5 Å². The summed E-state index contributed by atoms with van der Waals surface area (Å²) >= 11 is 0. The lowest BCUT2D eigenvalue weighted by atomic mass is 10.0. The van der Waals surface area contributed by atoms with Crippen LogP contribution >= 0.6 is 0 Å². The Labute approximate surface area is 119 Å². The smallest absolute Gasteiger partial charge is 0.141 e. The molecule has 0 atom stereocenters. The Balaban J connectivity index is 2.05. The van der Waals surface area contributed by atoms with Crippen LogP contribution in [0.3, 0.4) is 0 Å². The zero-order chi connectivity index (χ0) is 14.5. The number of aryl methyl sites for hydroxylation is 2. The van der Waals surface area contributed by atoms with Crippen LogP contribution in [0.5, 0.6) is 11.5 Å². The number of anilines is 2. The van der Waals surface area contributed by atoms with Crippen LogP contribution in [0, 0.1) is 0 Å². The molecule has 2 aromatic rings. The van der Waals surface area contributed by atoms with Crippen molar-refractivity contribution in [2.24, 2.45) is 0 Å². The quantitative estimate of drug-likeness (QED) is 0.821. The van der Waals surface area contributed by atoms with E-state index in [0.717, 1.165) is 12.8 Å². The summed E-state index contributed by atoms with van der Waals surface area (Å²) in [5, 5.41) is 0. The Bertz CT molecular complexity index is 544. The highest BCUT2D eigenvalue weighted by Crippen LogP contribution is 2.25. The van der Waals surface area contributed by atoms with Crippen LogP contribution in [0.1, 0.15) is 11.1 Å². The molecule has 0 saturated carbocycles. The molecule has 0 aliphatic rings. The number of rotatable bonds is 5. The SMILES string of the molecule is COc1ccc(CCc2ccc(OC)c(N)c2)cc1N. The molecule has 20 heavy (non-hydrogen) atoms. The lowest BCUT2D eigenvalue weighted by Crippen LogP contribution is -1.98. The van der Waals surface area contributed by atoms with Crippen LogP contribution in [0.4, 0.5) is 11.4 Å². The summed E-state index contributed by atoms with van der Waals surface area (Å²) in [7, 11) is 3.23. The number of ether oxygens (including phenoxy) is 2. The molecule has 0 aliphatic carbocycles. The fourth-order valence-electron chi connectivity index (χ4n) is 2.17. The van der Waals surface area contributed by atoms with Gasteiger partial charge in [-0.2, -0.15) is 0 Å². The molecule has 2 rings (SSSR count). The van der Waals surface area contributed by atoms with Crippen molar-refractivity contribution in [1.29, 1.82) is 0 Å². The van der Waals surface area contributed by atoms with E-state index >= 15 is 0 Å². The zero-order valence-corrected chi connectivity index (χ0v) is 11.8. The molecule has 0 aromatic heterocycles. The van der Waals surface area contributed by atoms with E-state index in [9.17, 15) is 0 Å². The summed E-state index contributed by atoms with van der Waals surface area (Å²) in [5.74, 6) is 1.42. The van der Waals surface area contributed by atoms with Crippen LogP contribution < -0.4 is 20.9 Å². The van der Waals surface area contributed by atoms with Gasteiger partial charge in [0.15, 0.2) is 0 Å². The van der Waals surface area contributed by atoms with Gasteiger partial charge in [-0.25, -0.2) is 0 Å². The van der Waals surface area contributed by atoms with E-state index in [1.807, 2.05) is 36.4 Å². The summed E-state index contributed by atoms with van der Waals surface area (Å²) in [4.78, 5) is 0. The molecule has 0 saturated heterocycles. The molecule has 0 amide bonds. The predicted octanol–water partition coefficient (Wildman–Crippen LogP) is 2.65. The van der Waals surface area contributed by atoms with Crippen molar-refractivity contribution >= 4 is 11.4 Å².